The summed E-state index contributed by atoms with van der Waals surface area (Å²) in [6.45, 7) is 1.19. The van der Waals surface area contributed by atoms with Gasteiger partial charge in [0.25, 0.3) is 0 Å². The number of imide groups is 1. The van der Waals surface area contributed by atoms with Gasteiger partial charge in [-0.25, -0.2) is 8.78 Å². The standard InChI is InChI=1S/C18H20F2N2O3/c1-10(12-7-6-11(19)8-15(12)20)21-16(23)9-22-17(24)13-4-2-3-5-14(13)18(22)25/h6-8,10,13-14H,2-5,9H2,1H3,(H,21,23). The molecule has 3 rings (SSSR count). The van der Waals surface area contributed by atoms with Gasteiger partial charge in [0.15, 0.2) is 0 Å². The van der Waals surface area contributed by atoms with Crippen molar-refractivity contribution in [1.82, 2.24) is 10.2 Å². The van der Waals surface area contributed by atoms with Gasteiger partial charge in [0.1, 0.15) is 18.2 Å². The summed E-state index contributed by atoms with van der Waals surface area (Å²) in [5, 5.41) is 2.56. The average Bonchev–Trinajstić information content (AvgIpc) is 2.80. The van der Waals surface area contributed by atoms with Crippen LogP contribution in [0.5, 0.6) is 0 Å². The second kappa shape index (κ2) is 6.90. The fourth-order valence-corrected chi connectivity index (χ4v) is 3.75. The zero-order valence-corrected chi connectivity index (χ0v) is 13.9. The SMILES string of the molecule is CC(NC(=O)CN1C(=O)C2CCCCC2C1=O)c1ccc(F)cc1F. The number of halogens is 2. The number of hydrogen-bond acceptors (Lipinski definition) is 3. The van der Waals surface area contributed by atoms with E-state index in [2.05, 4.69) is 5.32 Å². The van der Waals surface area contributed by atoms with Gasteiger partial charge in [0, 0.05) is 11.6 Å². The van der Waals surface area contributed by atoms with Gasteiger partial charge in [0.05, 0.1) is 17.9 Å². The van der Waals surface area contributed by atoms with Crippen molar-refractivity contribution in [1.29, 1.82) is 0 Å². The molecule has 1 saturated heterocycles. The fraction of sp³-hybridized carbons (Fsp3) is 0.500. The molecule has 7 heteroatoms. The molecule has 1 aromatic carbocycles. The maximum atomic E-state index is 13.8. The summed E-state index contributed by atoms with van der Waals surface area (Å²) in [6, 6.07) is 2.41. The summed E-state index contributed by atoms with van der Waals surface area (Å²) in [5.41, 5.74) is 0.141. The van der Waals surface area contributed by atoms with Gasteiger partial charge in [0.2, 0.25) is 17.7 Å². The molecule has 1 aliphatic carbocycles. The third kappa shape index (κ3) is 3.41. The molecule has 0 radical (unpaired) electrons. The van der Waals surface area contributed by atoms with Gasteiger partial charge in [-0.05, 0) is 25.8 Å². The summed E-state index contributed by atoms with van der Waals surface area (Å²) in [6.07, 6.45) is 3.21. The molecule has 25 heavy (non-hydrogen) atoms. The summed E-state index contributed by atoms with van der Waals surface area (Å²) in [4.78, 5) is 37.9. The van der Waals surface area contributed by atoms with Crippen molar-refractivity contribution in [3.63, 3.8) is 0 Å². The van der Waals surface area contributed by atoms with E-state index < -0.39 is 23.6 Å². The number of nitrogens with one attached hydrogen (secondary N) is 1. The van der Waals surface area contributed by atoms with Gasteiger partial charge in [-0.2, -0.15) is 0 Å². The van der Waals surface area contributed by atoms with Crippen LogP contribution in [0.1, 0.15) is 44.2 Å². The zero-order valence-electron chi connectivity index (χ0n) is 13.9. The Hall–Kier alpha value is -2.31. The highest BCUT2D eigenvalue weighted by molar-refractivity contribution is 6.07. The maximum absolute atomic E-state index is 13.8. The first-order valence-electron chi connectivity index (χ1n) is 8.48. The Labute approximate surface area is 144 Å². The van der Waals surface area contributed by atoms with Crippen molar-refractivity contribution in [2.45, 2.75) is 38.6 Å². The van der Waals surface area contributed by atoms with Crippen molar-refractivity contribution >= 4 is 17.7 Å². The van der Waals surface area contributed by atoms with Crippen LogP contribution in [0.2, 0.25) is 0 Å². The second-order valence-corrected chi connectivity index (χ2v) is 6.72. The minimum absolute atomic E-state index is 0.141. The number of likely N-dealkylation sites (tertiary alicyclic amines) is 1. The van der Waals surface area contributed by atoms with Gasteiger partial charge >= 0.3 is 0 Å². The topological polar surface area (TPSA) is 66.5 Å². The van der Waals surface area contributed by atoms with Crippen LogP contribution >= 0.6 is 0 Å². The maximum Gasteiger partial charge on any atom is 0.240 e. The van der Waals surface area contributed by atoms with E-state index >= 15 is 0 Å². The Balaban J connectivity index is 1.64. The summed E-state index contributed by atoms with van der Waals surface area (Å²) >= 11 is 0. The Morgan fingerprint density at radius 3 is 2.36 bits per heavy atom. The van der Waals surface area contributed by atoms with E-state index in [-0.39, 0.29) is 35.8 Å². The number of hydrogen-bond donors (Lipinski definition) is 1. The lowest BCUT2D eigenvalue weighted by Crippen LogP contribution is -2.41. The van der Waals surface area contributed by atoms with E-state index in [0.29, 0.717) is 12.8 Å². The Bertz CT molecular complexity index is 698. The van der Waals surface area contributed by atoms with Gasteiger partial charge in [-0.1, -0.05) is 18.9 Å². The summed E-state index contributed by atoms with van der Waals surface area (Å²) < 4.78 is 26.7. The molecule has 134 valence electrons. The monoisotopic (exact) mass is 350 g/mol. The van der Waals surface area contributed by atoms with Gasteiger partial charge in [-0.15, -0.1) is 0 Å². The Morgan fingerprint density at radius 2 is 1.80 bits per heavy atom. The highest BCUT2D eigenvalue weighted by Crippen LogP contribution is 2.37. The molecular formula is C18H20F2N2O3. The van der Waals surface area contributed by atoms with Crippen molar-refractivity contribution in [2.75, 3.05) is 6.54 Å². The van der Waals surface area contributed by atoms with Crippen LogP contribution in [-0.2, 0) is 14.4 Å². The molecule has 0 aromatic heterocycles. The third-order valence-corrected chi connectivity index (χ3v) is 5.04. The number of carbonyl (C=O) groups excluding carboxylic acids is 3. The Morgan fingerprint density at radius 1 is 1.20 bits per heavy atom. The predicted octanol–water partition coefficient (Wildman–Crippen LogP) is 2.32. The largest absolute Gasteiger partial charge is 0.348 e. The first-order chi connectivity index (χ1) is 11.9. The van der Waals surface area contributed by atoms with Gasteiger partial charge in [-0.3, -0.25) is 19.3 Å². The third-order valence-electron chi connectivity index (χ3n) is 5.04. The molecule has 0 bridgehead atoms. The number of benzene rings is 1. The van der Waals surface area contributed by atoms with E-state index in [1.807, 2.05) is 0 Å². The van der Waals surface area contributed by atoms with E-state index in [0.717, 1.165) is 29.9 Å². The van der Waals surface area contributed by atoms with Gasteiger partial charge < -0.3 is 5.32 Å². The molecule has 0 spiro atoms. The van der Waals surface area contributed by atoms with Crippen LogP contribution in [0.15, 0.2) is 18.2 Å². The molecule has 2 aliphatic rings. The van der Waals surface area contributed by atoms with Crippen LogP contribution in [0.3, 0.4) is 0 Å². The van der Waals surface area contributed by atoms with E-state index in [4.69, 9.17) is 0 Å². The minimum Gasteiger partial charge on any atom is -0.348 e. The quantitative estimate of drug-likeness (QED) is 0.848. The van der Waals surface area contributed by atoms with E-state index in [1.165, 1.54) is 6.07 Å². The first kappa shape index (κ1) is 17.5. The molecule has 2 fully saturated rings. The van der Waals surface area contributed by atoms with Crippen molar-refractivity contribution in [3.8, 4) is 0 Å². The number of carbonyl (C=O) groups is 3. The molecule has 3 atom stereocenters. The molecule has 1 heterocycles. The normalized spacial score (nSPS) is 24.2. The highest BCUT2D eigenvalue weighted by atomic mass is 19.1. The van der Waals surface area contributed by atoms with E-state index in [1.54, 1.807) is 6.92 Å². The van der Waals surface area contributed by atoms with Crippen LogP contribution in [0.4, 0.5) is 8.78 Å². The molecule has 5 nitrogen and oxygen atoms in total. The Kier molecular flexibility index (Phi) is 4.83. The molecule has 1 aliphatic heterocycles. The van der Waals surface area contributed by atoms with Crippen molar-refractivity contribution < 1.29 is 23.2 Å². The number of fused-ring (bicyclic) bond motifs is 1. The summed E-state index contributed by atoms with van der Waals surface area (Å²) in [5.74, 6) is -3.18. The second-order valence-electron chi connectivity index (χ2n) is 6.72. The molecule has 3 amide bonds. The lowest BCUT2D eigenvalue weighted by molar-refractivity contribution is -0.143. The highest BCUT2D eigenvalue weighted by Gasteiger charge is 2.48. The lowest BCUT2D eigenvalue weighted by atomic mass is 9.81. The van der Waals surface area contributed by atoms with E-state index in [9.17, 15) is 23.2 Å². The average molecular weight is 350 g/mol. The van der Waals surface area contributed by atoms with Crippen LogP contribution in [-0.4, -0.2) is 29.2 Å². The van der Waals surface area contributed by atoms with Crippen molar-refractivity contribution in [2.24, 2.45) is 11.8 Å². The smallest absolute Gasteiger partial charge is 0.240 e. The molecule has 1 aromatic rings. The minimum atomic E-state index is -0.757. The number of rotatable bonds is 4. The number of nitrogens with zero attached hydrogens (tertiary/aromatic N) is 1. The van der Waals surface area contributed by atoms with Crippen LogP contribution in [0, 0.1) is 23.5 Å². The van der Waals surface area contributed by atoms with Crippen LogP contribution < -0.4 is 5.32 Å². The molecule has 1 N–H and O–H groups in total. The predicted molar refractivity (Wildman–Crippen MR) is 85.1 cm³/mol. The van der Waals surface area contributed by atoms with Crippen molar-refractivity contribution in [3.05, 3.63) is 35.4 Å². The number of amides is 3. The zero-order chi connectivity index (χ0) is 18.1. The fourth-order valence-electron chi connectivity index (χ4n) is 3.75. The van der Waals surface area contributed by atoms with Crippen LogP contribution in [0.25, 0.3) is 0 Å². The molecule has 3 unspecified atom stereocenters. The molecule has 1 saturated carbocycles. The lowest BCUT2D eigenvalue weighted by Gasteiger charge is -2.19. The summed E-state index contributed by atoms with van der Waals surface area (Å²) in [7, 11) is 0. The molecular weight excluding hydrogens is 330 g/mol. The first-order valence-corrected chi connectivity index (χ1v) is 8.48.